The number of carbonyl (C=O) groups excluding carboxylic acids is 2. The Balaban J connectivity index is 1.48. The van der Waals surface area contributed by atoms with E-state index in [0.29, 0.717) is 25.7 Å². The van der Waals surface area contributed by atoms with E-state index in [0.717, 1.165) is 52.0 Å². The molecular weight excluding hydrogens is 376 g/mol. The fraction of sp³-hybridized carbons (Fsp3) is 0.842. The number of amides is 1. The van der Waals surface area contributed by atoms with Crippen molar-refractivity contribution >= 4 is 11.9 Å². The standard InChI is InChI=1S/C19H30N6O4/c1-2-29-18(27)19-5-3-16(23-7-9-28-10-8-23)11-15(19)4-6-24(13-19)17(26)12-25-14-20-21-22-25/h14-16H,2-13H2,1H3/t15-,16-,19-/m1/s1. The van der Waals surface area contributed by atoms with Crippen LogP contribution in [0.2, 0.25) is 0 Å². The van der Waals surface area contributed by atoms with Gasteiger partial charge in [0.2, 0.25) is 5.91 Å². The maximum atomic E-state index is 13.1. The molecule has 3 fully saturated rings. The van der Waals surface area contributed by atoms with Gasteiger partial charge in [0.1, 0.15) is 12.9 Å². The molecule has 1 saturated carbocycles. The summed E-state index contributed by atoms with van der Waals surface area (Å²) in [6.45, 7) is 6.85. The van der Waals surface area contributed by atoms with E-state index >= 15 is 0 Å². The minimum atomic E-state index is -0.604. The topological polar surface area (TPSA) is 103 Å². The number of carbonyl (C=O) groups is 2. The SMILES string of the molecule is CCOC(=O)[C@@]12CC[C@@H](N3CCOCC3)C[C@H]1CCN(C(=O)Cn1cnnn1)C2. The summed E-state index contributed by atoms with van der Waals surface area (Å²) in [5.41, 5.74) is -0.604. The van der Waals surface area contributed by atoms with E-state index in [4.69, 9.17) is 9.47 Å². The largest absolute Gasteiger partial charge is 0.466 e. The third kappa shape index (κ3) is 4.13. The lowest BCUT2D eigenvalue weighted by molar-refractivity contribution is -0.171. The minimum absolute atomic E-state index is 0.0604. The van der Waals surface area contributed by atoms with Crippen molar-refractivity contribution < 1.29 is 19.1 Å². The zero-order valence-electron chi connectivity index (χ0n) is 17.0. The highest BCUT2D eigenvalue weighted by Gasteiger charge is 2.54. The van der Waals surface area contributed by atoms with Crippen molar-refractivity contribution in [2.45, 2.75) is 45.2 Å². The lowest BCUT2D eigenvalue weighted by Gasteiger charge is -2.52. The van der Waals surface area contributed by atoms with E-state index in [1.54, 1.807) is 4.90 Å². The Labute approximate surface area is 170 Å². The van der Waals surface area contributed by atoms with Crippen molar-refractivity contribution in [3.05, 3.63) is 6.33 Å². The molecule has 1 aliphatic carbocycles. The Morgan fingerprint density at radius 3 is 2.79 bits per heavy atom. The number of rotatable bonds is 5. The monoisotopic (exact) mass is 406 g/mol. The van der Waals surface area contributed by atoms with Gasteiger partial charge in [-0.05, 0) is 49.0 Å². The molecule has 3 atom stereocenters. The minimum Gasteiger partial charge on any atom is -0.466 e. The van der Waals surface area contributed by atoms with Crippen LogP contribution in [0.25, 0.3) is 0 Å². The number of esters is 1. The van der Waals surface area contributed by atoms with Crippen LogP contribution in [-0.4, -0.2) is 93.9 Å². The smallest absolute Gasteiger partial charge is 0.314 e. The number of hydrogen-bond acceptors (Lipinski definition) is 8. The summed E-state index contributed by atoms with van der Waals surface area (Å²) < 4.78 is 12.4. The number of likely N-dealkylation sites (tertiary alicyclic amines) is 1. The average molecular weight is 406 g/mol. The maximum absolute atomic E-state index is 13.1. The van der Waals surface area contributed by atoms with Gasteiger partial charge in [0.15, 0.2) is 0 Å². The highest BCUT2D eigenvalue weighted by molar-refractivity contribution is 5.81. The second-order valence-electron chi connectivity index (χ2n) is 8.26. The molecule has 3 heterocycles. The molecule has 1 amide bonds. The summed E-state index contributed by atoms with van der Waals surface area (Å²) in [6, 6.07) is 0.481. The third-order valence-corrected chi connectivity index (χ3v) is 6.77. The fourth-order valence-corrected chi connectivity index (χ4v) is 5.22. The number of morpholine rings is 1. The van der Waals surface area contributed by atoms with Gasteiger partial charge in [-0.2, -0.15) is 0 Å². The quantitative estimate of drug-likeness (QED) is 0.628. The van der Waals surface area contributed by atoms with Crippen molar-refractivity contribution in [2.24, 2.45) is 11.3 Å². The predicted molar refractivity (Wildman–Crippen MR) is 102 cm³/mol. The van der Waals surface area contributed by atoms with E-state index in [2.05, 4.69) is 20.4 Å². The van der Waals surface area contributed by atoms with Crippen LogP contribution in [0.4, 0.5) is 0 Å². The van der Waals surface area contributed by atoms with Crippen LogP contribution >= 0.6 is 0 Å². The van der Waals surface area contributed by atoms with Crippen molar-refractivity contribution in [2.75, 3.05) is 46.0 Å². The van der Waals surface area contributed by atoms with Gasteiger partial charge >= 0.3 is 5.97 Å². The fourth-order valence-electron chi connectivity index (χ4n) is 5.22. The molecule has 0 N–H and O–H groups in total. The van der Waals surface area contributed by atoms with Crippen LogP contribution in [0.15, 0.2) is 6.33 Å². The van der Waals surface area contributed by atoms with Crippen LogP contribution in [0.1, 0.15) is 32.6 Å². The second-order valence-corrected chi connectivity index (χ2v) is 8.26. The molecule has 0 spiro atoms. The first kappa shape index (κ1) is 20.2. The molecule has 10 nitrogen and oxygen atoms in total. The van der Waals surface area contributed by atoms with Crippen LogP contribution in [0.3, 0.4) is 0 Å². The molecule has 2 saturated heterocycles. The molecule has 0 radical (unpaired) electrons. The van der Waals surface area contributed by atoms with Crippen molar-refractivity contribution in [1.29, 1.82) is 0 Å². The highest BCUT2D eigenvalue weighted by Crippen LogP contribution is 2.48. The van der Waals surface area contributed by atoms with Gasteiger partial charge in [-0.15, -0.1) is 5.10 Å². The summed E-state index contributed by atoms with van der Waals surface area (Å²) in [5, 5.41) is 10.9. The Hall–Kier alpha value is -2.07. The molecule has 10 heteroatoms. The third-order valence-electron chi connectivity index (χ3n) is 6.77. The molecule has 1 aromatic heterocycles. The maximum Gasteiger partial charge on any atom is 0.314 e. The molecule has 1 aromatic rings. The number of hydrogen-bond donors (Lipinski definition) is 0. The van der Waals surface area contributed by atoms with Crippen LogP contribution in [0.5, 0.6) is 0 Å². The normalized spacial score (nSPS) is 30.6. The number of piperidine rings is 1. The molecule has 0 bridgehead atoms. The van der Waals surface area contributed by atoms with E-state index < -0.39 is 5.41 Å². The molecule has 29 heavy (non-hydrogen) atoms. The van der Waals surface area contributed by atoms with Gasteiger partial charge in [-0.1, -0.05) is 0 Å². The summed E-state index contributed by atoms with van der Waals surface area (Å²) in [4.78, 5) is 30.2. The summed E-state index contributed by atoms with van der Waals surface area (Å²) >= 11 is 0. The summed E-state index contributed by atoms with van der Waals surface area (Å²) in [5.74, 6) is 0.0281. The Kier molecular flexibility index (Phi) is 6.09. The molecule has 3 aliphatic rings. The van der Waals surface area contributed by atoms with Gasteiger partial charge in [0.25, 0.3) is 0 Å². The number of nitrogens with zero attached hydrogens (tertiary/aromatic N) is 6. The zero-order chi connectivity index (χ0) is 20.3. The Bertz CT molecular complexity index is 708. The summed E-state index contributed by atoms with van der Waals surface area (Å²) in [6.07, 6.45) is 4.94. The lowest BCUT2D eigenvalue weighted by atomic mass is 9.61. The first-order valence-electron chi connectivity index (χ1n) is 10.6. The highest BCUT2D eigenvalue weighted by atomic mass is 16.5. The van der Waals surface area contributed by atoms with Crippen LogP contribution in [0, 0.1) is 11.3 Å². The van der Waals surface area contributed by atoms with Gasteiger partial charge in [-0.25, -0.2) is 4.68 Å². The van der Waals surface area contributed by atoms with Crippen molar-refractivity contribution in [3.63, 3.8) is 0 Å². The molecule has 4 rings (SSSR count). The molecule has 0 aromatic carbocycles. The number of fused-ring (bicyclic) bond motifs is 1. The number of tetrazole rings is 1. The van der Waals surface area contributed by atoms with Crippen molar-refractivity contribution in [1.82, 2.24) is 30.0 Å². The van der Waals surface area contributed by atoms with Crippen LogP contribution in [-0.2, 0) is 25.6 Å². The molecular formula is C19H30N6O4. The van der Waals surface area contributed by atoms with E-state index in [-0.39, 0.29) is 24.3 Å². The van der Waals surface area contributed by atoms with E-state index in [9.17, 15) is 9.59 Å². The number of aromatic nitrogens is 4. The number of ether oxygens (including phenoxy) is 2. The lowest BCUT2D eigenvalue weighted by Crippen LogP contribution is -2.60. The predicted octanol–water partition coefficient (Wildman–Crippen LogP) is -0.0442. The van der Waals surface area contributed by atoms with Crippen molar-refractivity contribution in [3.8, 4) is 0 Å². The first-order chi connectivity index (χ1) is 14.1. The van der Waals surface area contributed by atoms with Gasteiger partial charge < -0.3 is 14.4 Å². The molecule has 160 valence electrons. The average Bonchev–Trinajstić information content (AvgIpc) is 3.26. The van der Waals surface area contributed by atoms with Gasteiger partial charge in [0, 0.05) is 32.2 Å². The zero-order valence-corrected chi connectivity index (χ0v) is 17.0. The molecule has 2 aliphatic heterocycles. The van der Waals surface area contributed by atoms with Crippen LogP contribution < -0.4 is 0 Å². The Morgan fingerprint density at radius 1 is 1.24 bits per heavy atom. The Morgan fingerprint density at radius 2 is 2.07 bits per heavy atom. The van der Waals surface area contributed by atoms with Gasteiger partial charge in [-0.3, -0.25) is 14.5 Å². The van der Waals surface area contributed by atoms with Gasteiger partial charge in [0.05, 0.1) is 25.2 Å². The van der Waals surface area contributed by atoms with E-state index in [1.807, 2.05) is 6.92 Å². The first-order valence-corrected chi connectivity index (χ1v) is 10.6. The van der Waals surface area contributed by atoms with E-state index in [1.165, 1.54) is 11.0 Å². The molecule has 0 unspecified atom stereocenters. The summed E-state index contributed by atoms with van der Waals surface area (Å²) in [7, 11) is 0. The second kappa shape index (κ2) is 8.74.